The van der Waals surface area contributed by atoms with Crippen molar-refractivity contribution in [2.75, 3.05) is 26.4 Å². The predicted molar refractivity (Wildman–Crippen MR) is 220 cm³/mol. The van der Waals surface area contributed by atoms with E-state index in [0.29, 0.717) is 12.8 Å². The van der Waals surface area contributed by atoms with Crippen molar-refractivity contribution in [3.8, 4) is 0 Å². The van der Waals surface area contributed by atoms with E-state index in [1.165, 1.54) is 116 Å². The van der Waals surface area contributed by atoms with Gasteiger partial charge in [0.15, 0.2) is 6.10 Å². The number of carbonyl (C=O) groups is 2. The first kappa shape index (κ1) is 51.5. The summed E-state index contributed by atoms with van der Waals surface area (Å²) in [4.78, 5) is 34.8. The molecule has 0 amide bonds. The number of phosphoric ester groups is 1. The maximum absolute atomic E-state index is 12.6. The molecule has 0 rings (SSSR count). The molecule has 0 bridgehead atoms. The van der Waals surface area contributed by atoms with Crippen LogP contribution in [0, 0.1) is 0 Å². The summed E-state index contributed by atoms with van der Waals surface area (Å²) in [6.45, 7) is 3.72. The van der Waals surface area contributed by atoms with Crippen LogP contribution < -0.4 is 5.73 Å². The van der Waals surface area contributed by atoms with Crippen molar-refractivity contribution in [2.24, 2.45) is 5.73 Å². The van der Waals surface area contributed by atoms with Gasteiger partial charge in [-0.25, -0.2) is 4.57 Å². The first-order valence-electron chi connectivity index (χ1n) is 21.8. The highest BCUT2D eigenvalue weighted by Crippen LogP contribution is 2.43. The van der Waals surface area contributed by atoms with Crippen molar-refractivity contribution < 1.29 is 37.6 Å². The van der Waals surface area contributed by atoms with Gasteiger partial charge >= 0.3 is 19.8 Å². The van der Waals surface area contributed by atoms with E-state index in [4.69, 9.17) is 24.3 Å². The number of hydrogen-bond donors (Lipinski definition) is 2. The number of rotatable bonds is 41. The lowest BCUT2D eigenvalue weighted by Gasteiger charge is -2.19. The van der Waals surface area contributed by atoms with Gasteiger partial charge < -0.3 is 20.1 Å². The zero-order valence-electron chi connectivity index (χ0n) is 34.3. The molecule has 0 saturated carbocycles. The number of carbonyl (C=O) groups excluding carboxylic acids is 2. The van der Waals surface area contributed by atoms with Gasteiger partial charge in [-0.05, 0) is 38.5 Å². The van der Waals surface area contributed by atoms with Gasteiger partial charge in [0.1, 0.15) is 6.61 Å². The maximum Gasteiger partial charge on any atom is 0.472 e. The number of hydrogen-bond acceptors (Lipinski definition) is 8. The third-order valence-electron chi connectivity index (χ3n) is 9.37. The Morgan fingerprint density at radius 1 is 0.566 bits per heavy atom. The van der Waals surface area contributed by atoms with E-state index in [0.717, 1.165) is 51.4 Å². The summed E-state index contributed by atoms with van der Waals surface area (Å²) < 4.78 is 32.8. The fraction of sp³-hybridized carbons (Fsp3) is 0.860. The van der Waals surface area contributed by atoms with Gasteiger partial charge in [-0.15, -0.1) is 0 Å². The summed E-state index contributed by atoms with van der Waals surface area (Å²) in [6.07, 6.45) is 42.0. The third-order valence-corrected chi connectivity index (χ3v) is 10.4. The summed E-state index contributed by atoms with van der Waals surface area (Å²) in [6, 6.07) is 0. The van der Waals surface area contributed by atoms with Crippen molar-refractivity contribution in [3.63, 3.8) is 0 Å². The molecule has 0 aromatic heterocycles. The highest BCUT2D eigenvalue weighted by atomic mass is 31.2. The zero-order chi connectivity index (χ0) is 38.9. The fourth-order valence-electron chi connectivity index (χ4n) is 6.10. The molecule has 0 aromatic rings. The predicted octanol–water partition coefficient (Wildman–Crippen LogP) is 12.4. The summed E-state index contributed by atoms with van der Waals surface area (Å²) in [7, 11) is -4.38. The SMILES string of the molecule is CCCCCC/C=C/C=C/CCCCCCCC(=O)OC[C@H](COP(=O)(O)OCCN)OC(=O)CCCCCCCCCCCCCCCCCCC. The van der Waals surface area contributed by atoms with Crippen LogP contribution in [0.25, 0.3) is 0 Å². The third kappa shape index (κ3) is 40.0. The van der Waals surface area contributed by atoms with E-state index in [9.17, 15) is 19.0 Å². The minimum atomic E-state index is -4.38. The van der Waals surface area contributed by atoms with Crippen LogP contribution in [0.3, 0.4) is 0 Å². The van der Waals surface area contributed by atoms with Gasteiger partial charge in [0.05, 0.1) is 13.2 Å². The Morgan fingerprint density at radius 2 is 0.962 bits per heavy atom. The molecule has 0 aliphatic heterocycles. The molecule has 53 heavy (non-hydrogen) atoms. The smallest absolute Gasteiger partial charge is 0.462 e. The van der Waals surface area contributed by atoms with Crippen molar-refractivity contribution >= 4 is 19.8 Å². The van der Waals surface area contributed by atoms with Crippen molar-refractivity contribution in [2.45, 2.75) is 213 Å². The van der Waals surface area contributed by atoms with Crippen LogP contribution in [-0.2, 0) is 32.7 Å². The highest BCUT2D eigenvalue weighted by molar-refractivity contribution is 7.47. The average Bonchev–Trinajstić information content (AvgIpc) is 3.14. The largest absolute Gasteiger partial charge is 0.472 e. The number of unbranched alkanes of at least 4 members (excludes halogenated alkanes) is 25. The highest BCUT2D eigenvalue weighted by Gasteiger charge is 2.26. The molecular weight excluding hydrogens is 689 g/mol. The lowest BCUT2D eigenvalue weighted by Crippen LogP contribution is -2.29. The van der Waals surface area contributed by atoms with Crippen molar-refractivity contribution in [1.82, 2.24) is 0 Å². The lowest BCUT2D eigenvalue weighted by molar-refractivity contribution is -0.161. The first-order chi connectivity index (χ1) is 25.8. The van der Waals surface area contributed by atoms with Gasteiger partial charge in [-0.1, -0.05) is 179 Å². The molecule has 0 radical (unpaired) electrons. The van der Waals surface area contributed by atoms with Gasteiger partial charge in [-0.3, -0.25) is 18.6 Å². The number of ether oxygens (including phenoxy) is 2. The normalized spacial score (nSPS) is 13.5. The van der Waals surface area contributed by atoms with E-state index in [2.05, 4.69) is 38.2 Å². The number of allylic oxidation sites excluding steroid dienone is 4. The van der Waals surface area contributed by atoms with Crippen LogP contribution >= 0.6 is 7.82 Å². The Labute approximate surface area is 325 Å². The molecule has 0 saturated heterocycles. The van der Waals surface area contributed by atoms with E-state index in [1.807, 2.05) is 0 Å². The topological polar surface area (TPSA) is 134 Å². The minimum Gasteiger partial charge on any atom is -0.462 e. The quantitative estimate of drug-likeness (QED) is 0.0269. The molecule has 1 unspecified atom stereocenters. The monoisotopic (exact) mass is 772 g/mol. The van der Waals surface area contributed by atoms with Gasteiger partial charge in [-0.2, -0.15) is 0 Å². The summed E-state index contributed by atoms with van der Waals surface area (Å²) >= 11 is 0. The second-order valence-corrected chi connectivity index (χ2v) is 16.1. The van der Waals surface area contributed by atoms with E-state index < -0.39 is 32.5 Å². The average molecular weight is 772 g/mol. The summed E-state index contributed by atoms with van der Waals surface area (Å²) in [5.41, 5.74) is 5.35. The van der Waals surface area contributed by atoms with Crippen LogP contribution in [-0.4, -0.2) is 49.3 Å². The van der Waals surface area contributed by atoms with E-state index in [1.54, 1.807) is 0 Å². The Hall–Kier alpha value is -1.51. The Balaban J connectivity index is 4.15. The van der Waals surface area contributed by atoms with Crippen LogP contribution in [0.4, 0.5) is 0 Å². The number of phosphoric acid groups is 1. The zero-order valence-corrected chi connectivity index (χ0v) is 35.2. The first-order valence-corrected chi connectivity index (χ1v) is 23.3. The Kier molecular flexibility index (Phi) is 39.0. The lowest BCUT2D eigenvalue weighted by atomic mass is 10.0. The Bertz CT molecular complexity index is 928. The molecule has 0 heterocycles. The molecule has 0 fully saturated rings. The van der Waals surface area contributed by atoms with E-state index in [-0.39, 0.29) is 32.6 Å². The van der Waals surface area contributed by atoms with Crippen LogP contribution in [0.1, 0.15) is 206 Å². The molecule has 0 aliphatic rings. The molecule has 3 N–H and O–H groups in total. The van der Waals surface area contributed by atoms with Crippen LogP contribution in [0.2, 0.25) is 0 Å². The minimum absolute atomic E-state index is 0.0528. The standard InChI is InChI=1S/C43H82NO8P/c1-3-5-7-9-11-13-15-17-19-20-22-24-26-28-30-32-34-36-43(46)52-41(40-51-53(47,48)50-38-37-44)39-49-42(45)35-33-31-29-27-25-23-21-18-16-14-12-10-8-6-4-2/h14,16,18,21,41H,3-13,15,17,19-20,22-40,44H2,1-2H3,(H,47,48)/b16-14+,21-18+/t41-/m1/s1. The second-order valence-electron chi connectivity index (χ2n) is 14.6. The molecule has 9 nitrogen and oxygen atoms in total. The van der Waals surface area contributed by atoms with E-state index >= 15 is 0 Å². The molecule has 312 valence electrons. The van der Waals surface area contributed by atoms with Crippen LogP contribution in [0.15, 0.2) is 24.3 Å². The number of nitrogens with two attached hydrogens (primary N) is 1. The Morgan fingerprint density at radius 3 is 1.42 bits per heavy atom. The second kappa shape index (κ2) is 40.2. The van der Waals surface area contributed by atoms with Crippen molar-refractivity contribution in [1.29, 1.82) is 0 Å². The molecule has 0 aliphatic carbocycles. The molecule has 0 spiro atoms. The van der Waals surface area contributed by atoms with Gasteiger partial charge in [0.2, 0.25) is 0 Å². The maximum atomic E-state index is 12.6. The number of esters is 2. The summed E-state index contributed by atoms with van der Waals surface area (Å²) in [5, 5.41) is 0. The van der Waals surface area contributed by atoms with Crippen molar-refractivity contribution in [3.05, 3.63) is 24.3 Å². The fourth-order valence-corrected chi connectivity index (χ4v) is 6.86. The van der Waals surface area contributed by atoms with Crippen LogP contribution in [0.5, 0.6) is 0 Å². The summed E-state index contributed by atoms with van der Waals surface area (Å²) in [5.74, 6) is -0.838. The molecule has 2 atom stereocenters. The molecular formula is C43H82NO8P. The van der Waals surface area contributed by atoms with Gasteiger partial charge in [0, 0.05) is 19.4 Å². The molecule has 10 heteroatoms. The molecule has 0 aromatic carbocycles. The van der Waals surface area contributed by atoms with Gasteiger partial charge in [0.25, 0.3) is 0 Å².